The lowest BCUT2D eigenvalue weighted by Crippen LogP contribution is -2.39. The fourth-order valence-corrected chi connectivity index (χ4v) is 3.03. The predicted octanol–water partition coefficient (Wildman–Crippen LogP) is 2.52. The first kappa shape index (κ1) is 14.4. The summed E-state index contributed by atoms with van der Waals surface area (Å²) in [6.45, 7) is -0.0609. The minimum Gasteiger partial charge on any atom is -0.465 e. The van der Waals surface area contributed by atoms with Crippen molar-refractivity contribution in [1.29, 1.82) is 0 Å². The van der Waals surface area contributed by atoms with Crippen LogP contribution < -0.4 is 10.6 Å². The van der Waals surface area contributed by atoms with Gasteiger partial charge >= 0.3 is 6.09 Å². The molecule has 1 aliphatic rings. The highest BCUT2D eigenvalue weighted by Crippen LogP contribution is 2.35. The summed E-state index contributed by atoms with van der Waals surface area (Å²) in [6, 6.07) is 15.1. The van der Waals surface area contributed by atoms with Crippen molar-refractivity contribution in [1.82, 2.24) is 5.32 Å². The zero-order valence-electron chi connectivity index (χ0n) is 12.0. The molecule has 114 valence electrons. The van der Waals surface area contributed by atoms with Crippen molar-refractivity contribution in [3.8, 4) is 0 Å². The Hall–Kier alpha value is -2.53. The van der Waals surface area contributed by atoms with Gasteiger partial charge in [0.15, 0.2) is 0 Å². The molecular weight excluding hydrogens is 280 g/mol. The minimum absolute atomic E-state index is 0.0609. The van der Waals surface area contributed by atoms with Crippen molar-refractivity contribution in [3.05, 3.63) is 65.2 Å². The van der Waals surface area contributed by atoms with E-state index >= 15 is 0 Å². The molecule has 2 aromatic carbocycles. The van der Waals surface area contributed by atoms with Crippen molar-refractivity contribution in [3.63, 3.8) is 0 Å². The summed E-state index contributed by atoms with van der Waals surface area (Å²) in [5.74, 6) is 0. The quantitative estimate of drug-likeness (QED) is 0.699. The molecule has 0 aliphatic heterocycles. The molecule has 2 atom stereocenters. The number of amides is 1. The summed E-state index contributed by atoms with van der Waals surface area (Å²) in [5.41, 5.74) is 3.85. The molecule has 1 aliphatic carbocycles. The molecule has 0 fully saturated rings. The van der Waals surface area contributed by atoms with Crippen molar-refractivity contribution >= 4 is 11.8 Å². The van der Waals surface area contributed by atoms with Gasteiger partial charge in [-0.05, 0) is 23.6 Å². The van der Waals surface area contributed by atoms with Crippen LogP contribution in [0.4, 0.5) is 10.5 Å². The molecule has 4 N–H and O–H groups in total. The van der Waals surface area contributed by atoms with E-state index in [1.165, 1.54) is 0 Å². The second-order valence-electron chi connectivity index (χ2n) is 5.40. The fourth-order valence-electron chi connectivity index (χ4n) is 3.03. The molecular formula is C17H18N2O3. The van der Waals surface area contributed by atoms with E-state index in [1.54, 1.807) is 0 Å². The summed E-state index contributed by atoms with van der Waals surface area (Å²) < 4.78 is 0. The van der Waals surface area contributed by atoms with Crippen LogP contribution in [0, 0.1) is 0 Å². The van der Waals surface area contributed by atoms with Gasteiger partial charge in [0.25, 0.3) is 0 Å². The number of aliphatic hydroxyl groups excluding tert-OH is 1. The summed E-state index contributed by atoms with van der Waals surface area (Å²) >= 11 is 0. The fraction of sp³-hybridized carbons (Fsp3) is 0.235. The van der Waals surface area contributed by atoms with Gasteiger partial charge in [0.1, 0.15) is 0 Å². The standard InChI is InChI=1S/C17H18N2O3/c20-10-12-6-2-4-8-14(12)18-16-13-7-3-1-5-11(13)9-15(16)19-17(21)22/h1-8,15-16,18-20H,9-10H2,(H,21,22). The number of para-hydroxylation sites is 1. The molecule has 2 aromatic rings. The maximum atomic E-state index is 11.0. The van der Waals surface area contributed by atoms with E-state index in [2.05, 4.69) is 10.6 Å². The molecule has 2 unspecified atom stereocenters. The Kier molecular flexibility index (Phi) is 3.98. The molecule has 1 amide bonds. The number of aliphatic hydroxyl groups is 1. The maximum absolute atomic E-state index is 11.0. The third-order valence-electron chi connectivity index (χ3n) is 4.04. The Balaban J connectivity index is 1.92. The lowest BCUT2D eigenvalue weighted by atomic mass is 10.1. The van der Waals surface area contributed by atoms with Gasteiger partial charge in [0, 0.05) is 11.3 Å². The Labute approximate surface area is 128 Å². The highest BCUT2D eigenvalue weighted by Gasteiger charge is 2.33. The van der Waals surface area contributed by atoms with Gasteiger partial charge in [0.2, 0.25) is 0 Å². The number of nitrogens with one attached hydrogen (secondary N) is 2. The average Bonchev–Trinajstić information content (AvgIpc) is 2.85. The maximum Gasteiger partial charge on any atom is 0.404 e. The third kappa shape index (κ3) is 2.76. The van der Waals surface area contributed by atoms with Crippen LogP contribution in [0.25, 0.3) is 0 Å². The van der Waals surface area contributed by atoms with Crippen molar-refractivity contribution < 1.29 is 15.0 Å². The molecule has 0 radical (unpaired) electrons. The molecule has 0 bridgehead atoms. The molecule has 0 saturated carbocycles. The van der Waals surface area contributed by atoms with E-state index < -0.39 is 6.09 Å². The van der Waals surface area contributed by atoms with Gasteiger partial charge in [-0.1, -0.05) is 42.5 Å². The summed E-state index contributed by atoms with van der Waals surface area (Å²) in [5, 5.41) is 24.5. The van der Waals surface area contributed by atoms with Crippen molar-refractivity contribution in [2.24, 2.45) is 0 Å². The number of hydrogen-bond donors (Lipinski definition) is 4. The Morgan fingerprint density at radius 3 is 2.64 bits per heavy atom. The van der Waals surface area contributed by atoms with Gasteiger partial charge in [0.05, 0.1) is 18.7 Å². The number of hydrogen-bond acceptors (Lipinski definition) is 3. The Morgan fingerprint density at radius 1 is 1.14 bits per heavy atom. The number of carbonyl (C=O) groups is 1. The topological polar surface area (TPSA) is 81.6 Å². The second kappa shape index (κ2) is 6.07. The van der Waals surface area contributed by atoms with E-state index in [0.717, 1.165) is 22.4 Å². The summed E-state index contributed by atoms with van der Waals surface area (Å²) in [6.07, 6.45) is -0.374. The zero-order valence-corrected chi connectivity index (χ0v) is 12.0. The van der Waals surface area contributed by atoms with Crippen LogP contribution >= 0.6 is 0 Å². The number of benzene rings is 2. The number of anilines is 1. The summed E-state index contributed by atoms with van der Waals surface area (Å²) in [4.78, 5) is 11.0. The van der Waals surface area contributed by atoms with Crippen LogP contribution in [0.5, 0.6) is 0 Å². The van der Waals surface area contributed by atoms with Crippen LogP contribution in [-0.2, 0) is 13.0 Å². The molecule has 0 saturated heterocycles. The van der Waals surface area contributed by atoms with Gasteiger partial charge in [-0.2, -0.15) is 0 Å². The highest BCUT2D eigenvalue weighted by molar-refractivity contribution is 5.66. The smallest absolute Gasteiger partial charge is 0.404 e. The molecule has 3 rings (SSSR count). The first-order chi connectivity index (χ1) is 10.7. The van der Waals surface area contributed by atoms with Crippen LogP contribution in [0.3, 0.4) is 0 Å². The van der Waals surface area contributed by atoms with Crippen LogP contribution in [0.15, 0.2) is 48.5 Å². The summed E-state index contributed by atoms with van der Waals surface area (Å²) in [7, 11) is 0. The van der Waals surface area contributed by atoms with E-state index in [9.17, 15) is 9.90 Å². The van der Waals surface area contributed by atoms with Gasteiger partial charge in [-0.25, -0.2) is 4.79 Å². The van der Waals surface area contributed by atoms with Crippen LogP contribution in [0.2, 0.25) is 0 Å². The SMILES string of the molecule is O=C(O)NC1Cc2ccccc2C1Nc1ccccc1CO. The third-order valence-corrected chi connectivity index (χ3v) is 4.04. The van der Waals surface area contributed by atoms with E-state index in [4.69, 9.17) is 5.11 Å². The lowest BCUT2D eigenvalue weighted by Gasteiger charge is -2.24. The van der Waals surface area contributed by atoms with E-state index in [1.807, 2.05) is 48.5 Å². The zero-order chi connectivity index (χ0) is 15.5. The molecule has 5 nitrogen and oxygen atoms in total. The predicted molar refractivity (Wildman–Crippen MR) is 83.8 cm³/mol. The van der Waals surface area contributed by atoms with Crippen molar-refractivity contribution in [2.75, 3.05) is 5.32 Å². The van der Waals surface area contributed by atoms with Crippen molar-refractivity contribution in [2.45, 2.75) is 25.1 Å². The molecule has 0 heterocycles. The molecule has 5 heteroatoms. The van der Waals surface area contributed by atoms with Crippen LogP contribution in [-0.4, -0.2) is 22.3 Å². The normalized spacial score (nSPS) is 19.5. The second-order valence-corrected chi connectivity index (χ2v) is 5.40. The molecule has 22 heavy (non-hydrogen) atoms. The van der Waals surface area contributed by atoms with Crippen LogP contribution in [0.1, 0.15) is 22.7 Å². The van der Waals surface area contributed by atoms with E-state index in [0.29, 0.717) is 6.42 Å². The first-order valence-electron chi connectivity index (χ1n) is 7.21. The minimum atomic E-state index is -1.03. The number of fused-ring (bicyclic) bond motifs is 1. The van der Waals surface area contributed by atoms with Gasteiger partial charge < -0.3 is 20.8 Å². The number of rotatable bonds is 4. The van der Waals surface area contributed by atoms with E-state index in [-0.39, 0.29) is 18.7 Å². The molecule has 0 aromatic heterocycles. The Bertz CT molecular complexity index is 687. The van der Waals surface area contributed by atoms with Gasteiger partial charge in [-0.15, -0.1) is 0 Å². The monoisotopic (exact) mass is 298 g/mol. The highest BCUT2D eigenvalue weighted by atomic mass is 16.4. The Morgan fingerprint density at radius 2 is 1.86 bits per heavy atom. The number of carboxylic acid groups (broad SMARTS) is 1. The largest absolute Gasteiger partial charge is 0.465 e. The average molecular weight is 298 g/mol. The lowest BCUT2D eigenvalue weighted by molar-refractivity contribution is 0.189. The first-order valence-corrected chi connectivity index (χ1v) is 7.21. The van der Waals surface area contributed by atoms with Gasteiger partial charge in [-0.3, -0.25) is 0 Å². The molecule has 0 spiro atoms.